The van der Waals surface area contributed by atoms with Gasteiger partial charge < -0.3 is 9.67 Å². The smallest absolute Gasteiger partial charge is 0.335 e. The third-order valence-corrected chi connectivity index (χ3v) is 6.49. The van der Waals surface area contributed by atoms with Gasteiger partial charge >= 0.3 is 5.97 Å². The van der Waals surface area contributed by atoms with E-state index in [0.29, 0.717) is 5.56 Å². The number of imidazole rings is 1. The Labute approximate surface area is 199 Å². The highest BCUT2D eigenvalue weighted by Crippen LogP contribution is 2.42. The van der Waals surface area contributed by atoms with Gasteiger partial charge in [0.15, 0.2) is 0 Å². The number of benzene rings is 3. The van der Waals surface area contributed by atoms with E-state index in [0.717, 1.165) is 23.2 Å². The zero-order chi connectivity index (χ0) is 23.7. The number of allylic oxidation sites excluding steroid dienone is 1. The van der Waals surface area contributed by atoms with Crippen LogP contribution in [0.15, 0.2) is 91.5 Å². The zero-order valence-corrected chi connectivity index (χ0v) is 19.3. The maximum atomic E-state index is 11.1. The highest BCUT2D eigenvalue weighted by molar-refractivity contribution is 5.88. The predicted molar refractivity (Wildman–Crippen MR) is 137 cm³/mol. The molecule has 168 valence electrons. The van der Waals surface area contributed by atoms with E-state index in [-0.39, 0.29) is 5.41 Å². The molecule has 0 saturated carbocycles. The summed E-state index contributed by atoms with van der Waals surface area (Å²) in [6.45, 7) is 4.58. The molecule has 1 aromatic heterocycles. The molecular formula is C30H26N2O2. The van der Waals surface area contributed by atoms with Crippen molar-refractivity contribution in [1.82, 2.24) is 9.55 Å². The van der Waals surface area contributed by atoms with Gasteiger partial charge in [0.25, 0.3) is 0 Å². The zero-order valence-electron chi connectivity index (χ0n) is 19.3. The molecule has 1 aliphatic rings. The Balaban J connectivity index is 1.47. The molecule has 0 radical (unpaired) electrons. The van der Waals surface area contributed by atoms with Crippen LogP contribution in [0.3, 0.4) is 0 Å². The Bertz CT molecular complexity index is 1390. The first kappa shape index (κ1) is 21.7. The molecule has 1 heterocycles. The number of carboxylic acid groups (broad SMARTS) is 1. The lowest BCUT2D eigenvalue weighted by Gasteiger charge is -2.32. The molecule has 0 bridgehead atoms. The van der Waals surface area contributed by atoms with Crippen molar-refractivity contribution < 1.29 is 9.90 Å². The second-order valence-corrected chi connectivity index (χ2v) is 9.29. The van der Waals surface area contributed by atoms with E-state index in [2.05, 4.69) is 73.4 Å². The normalized spacial score (nSPS) is 14.6. The number of rotatable bonds is 5. The number of carbonyl (C=O) groups is 1. The van der Waals surface area contributed by atoms with Gasteiger partial charge in [-0.2, -0.15) is 0 Å². The number of hydrogen-bond acceptors (Lipinski definition) is 2. The molecule has 0 unspecified atom stereocenters. The first-order valence-corrected chi connectivity index (χ1v) is 11.4. The molecule has 0 fully saturated rings. The second kappa shape index (κ2) is 8.64. The maximum absolute atomic E-state index is 11.1. The number of hydrogen-bond donors (Lipinski definition) is 1. The Morgan fingerprint density at radius 1 is 0.971 bits per heavy atom. The molecular weight excluding hydrogens is 420 g/mol. The molecule has 0 saturated heterocycles. The SMILES string of the molecule is CC1(C)CC=C(c2ccc(-n3ccnc3)cc2)c2cc(/C=C/c3ccc(C(=O)O)cc3)ccc21. The van der Waals surface area contributed by atoms with Gasteiger partial charge in [-0.3, -0.25) is 0 Å². The minimum absolute atomic E-state index is 0.0739. The Hall–Kier alpha value is -4.18. The lowest BCUT2D eigenvalue weighted by atomic mass is 9.72. The topological polar surface area (TPSA) is 55.1 Å². The summed E-state index contributed by atoms with van der Waals surface area (Å²) < 4.78 is 2.00. The molecule has 1 N–H and O–H groups in total. The third kappa shape index (κ3) is 4.23. The van der Waals surface area contributed by atoms with Crippen LogP contribution in [0.1, 0.15) is 58.4 Å². The quantitative estimate of drug-likeness (QED) is 0.341. The summed E-state index contributed by atoms with van der Waals surface area (Å²) in [6, 6.07) is 22.2. The fourth-order valence-electron chi connectivity index (χ4n) is 4.48. The second-order valence-electron chi connectivity index (χ2n) is 9.29. The van der Waals surface area contributed by atoms with E-state index < -0.39 is 5.97 Å². The van der Waals surface area contributed by atoms with Crippen LogP contribution in [0.25, 0.3) is 23.4 Å². The van der Waals surface area contributed by atoms with Crippen LogP contribution in [-0.4, -0.2) is 20.6 Å². The summed E-state index contributed by atoms with van der Waals surface area (Å²) in [7, 11) is 0. The lowest BCUT2D eigenvalue weighted by Crippen LogP contribution is -2.21. The van der Waals surface area contributed by atoms with Crippen molar-refractivity contribution in [3.8, 4) is 5.69 Å². The van der Waals surface area contributed by atoms with E-state index >= 15 is 0 Å². The number of fused-ring (bicyclic) bond motifs is 1. The molecule has 0 aliphatic heterocycles. The monoisotopic (exact) mass is 446 g/mol. The van der Waals surface area contributed by atoms with Crippen molar-refractivity contribution in [2.45, 2.75) is 25.7 Å². The number of carboxylic acids is 1. The summed E-state index contributed by atoms with van der Waals surface area (Å²) in [5.41, 5.74) is 8.60. The maximum Gasteiger partial charge on any atom is 0.335 e. The van der Waals surface area contributed by atoms with Gasteiger partial charge in [-0.15, -0.1) is 0 Å². The number of aromatic nitrogens is 2. The molecule has 0 amide bonds. The minimum Gasteiger partial charge on any atom is -0.478 e. The molecule has 0 spiro atoms. The van der Waals surface area contributed by atoms with Crippen molar-refractivity contribution in [1.29, 1.82) is 0 Å². The Kier molecular flexibility index (Phi) is 5.50. The van der Waals surface area contributed by atoms with Crippen LogP contribution in [0.2, 0.25) is 0 Å². The van der Waals surface area contributed by atoms with Crippen molar-refractivity contribution in [2.75, 3.05) is 0 Å². The van der Waals surface area contributed by atoms with Crippen molar-refractivity contribution in [3.05, 3.63) is 125 Å². The summed E-state index contributed by atoms with van der Waals surface area (Å²) in [6.07, 6.45) is 13.0. The molecule has 34 heavy (non-hydrogen) atoms. The van der Waals surface area contributed by atoms with Crippen LogP contribution >= 0.6 is 0 Å². The van der Waals surface area contributed by atoms with E-state index in [4.69, 9.17) is 5.11 Å². The van der Waals surface area contributed by atoms with Gasteiger partial charge in [0, 0.05) is 18.1 Å². The van der Waals surface area contributed by atoms with Gasteiger partial charge in [0.05, 0.1) is 11.9 Å². The first-order chi connectivity index (χ1) is 16.4. The molecule has 1 aliphatic carbocycles. The molecule has 3 aromatic carbocycles. The standard InChI is InChI=1S/C30H26N2O2/c1-30(2)16-15-26(23-10-12-25(13-11-23)32-18-17-31-20-32)27-19-22(7-14-28(27)30)4-3-21-5-8-24(9-6-21)29(33)34/h3-15,17-20H,16H2,1-2H3,(H,33,34)/b4-3+. The van der Waals surface area contributed by atoms with Crippen LogP contribution in [-0.2, 0) is 5.41 Å². The van der Waals surface area contributed by atoms with Crippen LogP contribution in [0, 0.1) is 0 Å². The van der Waals surface area contributed by atoms with Crippen LogP contribution in [0.4, 0.5) is 0 Å². The summed E-state index contributed by atoms with van der Waals surface area (Å²) in [5.74, 6) is -0.912. The van der Waals surface area contributed by atoms with Crippen molar-refractivity contribution in [3.63, 3.8) is 0 Å². The van der Waals surface area contributed by atoms with E-state index in [1.807, 2.05) is 29.0 Å². The van der Waals surface area contributed by atoms with Gasteiger partial charge in [-0.05, 0) is 75.6 Å². The van der Waals surface area contributed by atoms with Crippen LogP contribution in [0.5, 0.6) is 0 Å². The largest absolute Gasteiger partial charge is 0.478 e. The molecule has 0 atom stereocenters. The summed E-state index contributed by atoms with van der Waals surface area (Å²) in [5, 5.41) is 9.09. The summed E-state index contributed by atoms with van der Waals surface area (Å²) in [4.78, 5) is 15.2. The van der Waals surface area contributed by atoms with E-state index in [1.54, 1.807) is 24.7 Å². The molecule has 4 nitrogen and oxygen atoms in total. The van der Waals surface area contributed by atoms with E-state index in [1.165, 1.54) is 22.3 Å². The summed E-state index contributed by atoms with van der Waals surface area (Å²) >= 11 is 0. The number of nitrogens with zero attached hydrogens (tertiary/aromatic N) is 2. The van der Waals surface area contributed by atoms with Gasteiger partial charge in [-0.25, -0.2) is 9.78 Å². The molecule has 4 heteroatoms. The van der Waals surface area contributed by atoms with Gasteiger partial charge in [-0.1, -0.05) is 68.5 Å². The first-order valence-electron chi connectivity index (χ1n) is 11.4. The van der Waals surface area contributed by atoms with Gasteiger partial charge in [0.2, 0.25) is 0 Å². The fraction of sp³-hybridized carbons (Fsp3) is 0.133. The van der Waals surface area contributed by atoms with E-state index in [9.17, 15) is 4.79 Å². The third-order valence-electron chi connectivity index (χ3n) is 6.49. The highest BCUT2D eigenvalue weighted by Gasteiger charge is 2.28. The Morgan fingerprint density at radius 3 is 2.35 bits per heavy atom. The molecule has 4 aromatic rings. The van der Waals surface area contributed by atoms with Crippen LogP contribution < -0.4 is 0 Å². The Morgan fingerprint density at radius 2 is 1.68 bits per heavy atom. The average Bonchev–Trinajstić information content (AvgIpc) is 3.38. The fourth-order valence-corrected chi connectivity index (χ4v) is 4.48. The van der Waals surface area contributed by atoms with Gasteiger partial charge in [0.1, 0.15) is 0 Å². The average molecular weight is 447 g/mol. The molecule has 5 rings (SSSR count). The van der Waals surface area contributed by atoms with Crippen molar-refractivity contribution >= 4 is 23.7 Å². The predicted octanol–water partition coefficient (Wildman–Crippen LogP) is 6.85. The lowest BCUT2D eigenvalue weighted by molar-refractivity contribution is 0.0697. The van der Waals surface area contributed by atoms with Crippen molar-refractivity contribution in [2.24, 2.45) is 0 Å². The minimum atomic E-state index is -0.912. The number of aromatic carboxylic acids is 1. The highest BCUT2D eigenvalue weighted by atomic mass is 16.4.